The summed E-state index contributed by atoms with van der Waals surface area (Å²) in [5, 5.41) is 10.0. The average Bonchev–Trinajstić information content (AvgIpc) is 2.58. The molecular formula is C9H15N3S2. The smallest absolute Gasteiger partial charge is 0.166 e. The van der Waals surface area contributed by atoms with E-state index in [4.69, 9.17) is 12.2 Å². The minimum Gasteiger partial charge on any atom is -0.363 e. The van der Waals surface area contributed by atoms with Crippen LogP contribution in [-0.2, 0) is 6.54 Å². The van der Waals surface area contributed by atoms with Crippen molar-refractivity contribution >= 4 is 28.7 Å². The second-order valence-electron chi connectivity index (χ2n) is 2.99. The first-order chi connectivity index (χ1) is 6.72. The van der Waals surface area contributed by atoms with Crippen LogP contribution in [-0.4, -0.2) is 16.6 Å². The fourth-order valence-electron chi connectivity index (χ4n) is 0.941. The van der Waals surface area contributed by atoms with Crippen molar-refractivity contribution in [1.82, 2.24) is 15.6 Å². The maximum absolute atomic E-state index is 5.08. The fourth-order valence-corrected chi connectivity index (χ4v) is 1.83. The zero-order valence-electron chi connectivity index (χ0n) is 8.46. The van der Waals surface area contributed by atoms with E-state index in [-0.39, 0.29) is 0 Å². The summed E-state index contributed by atoms with van der Waals surface area (Å²) in [4.78, 5) is 4.33. The molecule has 0 atom stereocenters. The van der Waals surface area contributed by atoms with Gasteiger partial charge in [-0.3, -0.25) is 0 Å². The van der Waals surface area contributed by atoms with E-state index < -0.39 is 0 Å². The molecule has 0 aliphatic rings. The van der Waals surface area contributed by atoms with Gasteiger partial charge in [-0.15, -0.1) is 11.3 Å². The van der Waals surface area contributed by atoms with Gasteiger partial charge in [0.2, 0.25) is 0 Å². The minimum absolute atomic E-state index is 0.708. The Morgan fingerprint density at radius 1 is 1.57 bits per heavy atom. The molecule has 0 unspecified atom stereocenters. The lowest BCUT2D eigenvalue weighted by molar-refractivity contribution is 0.796. The molecule has 1 aromatic heterocycles. The van der Waals surface area contributed by atoms with E-state index in [1.807, 2.05) is 12.3 Å². The maximum Gasteiger partial charge on any atom is 0.166 e. The number of rotatable bonds is 4. The van der Waals surface area contributed by atoms with Crippen LogP contribution in [0.3, 0.4) is 0 Å². The van der Waals surface area contributed by atoms with E-state index in [1.165, 1.54) is 0 Å². The highest BCUT2D eigenvalue weighted by Crippen LogP contribution is 2.07. The molecule has 14 heavy (non-hydrogen) atoms. The van der Waals surface area contributed by atoms with Crippen LogP contribution in [0.25, 0.3) is 0 Å². The zero-order chi connectivity index (χ0) is 10.4. The third kappa shape index (κ3) is 4.02. The van der Waals surface area contributed by atoms with Crippen LogP contribution < -0.4 is 10.6 Å². The van der Waals surface area contributed by atoms with Crippen molar-refractivity contribution < 1.29 is 0 Å². The van der Waals surface area contributed by atoms with E-state index in [0.717, 1.165) is 23.7 Å². The van der Waals surface area contributed by atoms with Gasteiger partial charge in [-0.25, -0.2) is 4.98 Å². The van der Waals surface area contributed by atoms with Crippen molar-refractivity contribution in [1.29, 1.82) is 0 Å². The van der Waals surface area contributed by atoms with Crippen LogP contribution in [0, 0.1) is 6.92 Å². The molecule has 1 heterocycles. The largest absolute Gasteiger partial charge is 0.363 e. The lowest BCUT2D eigenvalue weighted by atomic mass is 10.5. The summed E-state index contributed by atoms with van der Waals surface area (Å²) >= 11 is 6.73. The monoisotopic (exact) mass is 229 g/mol. The molecule has 78 valence electrons. The van der Waals surface area contributed by atoms with Gasteiger partial charge in [0.05, 0.1) is 6.54 Å². The van der Waals surface area contributed by atoms with Gasteiger partial charge in [0.25, 0.3) is 0 Å². The van der Waals surface area contributed by atoms with Crippen LogP contribution in [0.15, 0.2) is 5.38 Å². The molecule has 3 nitrogen and oxygen atoms in total. The van der Waals surface area contributed by atoms with Gasteiger partial charge < -0.3 is 10.6 Å². The van der Waals surface area contributed by atoms with Crippen molar-refractivity contribution in [3.05, 3.63) is 16.1 Å². The predicted octanol–water partition coefficient (Wildman–Crippen LogP) is 1.83. The van der Waals surface area contributed by atoms with E-state index in [1.54, 1.807) is 11.3 Å². The number of thiazole rings is 1. The summed E-state index contributed by atoms with van der Waals surface area (Å²) in [6.45, 7) is 5.74. The Labute approximate surface area is 93.9 Å². The second-order valence-corrected chi connectivity index (χ2v) is 4.34. The Morgan fingerprint density at radius 2 is 2.36 bits per heavy atom. The van der Waals surface area contributed by atoms with Crippen LogP contribution in [0.1, 0.15) is 24.0 Å². The molecule has 0 aliphatic heterocycles. The second kappa shape index (κ2) is 5.93. The quantitative estimate of drug-likeness (QED) is 0.772. The molecule has 0 bridgehead atoms. The van der Waals surface area contributed by atoms with E-state index in [9.17, 15) is 0 Å². The first-order valence-corrected chi connectivity index (χ1v) is 5.94. The highest BCUT2D eigenvalue weighted by atomic mass is 32.1. The van der Waals surface area contributed by atoms with Gasteiger partial charge in [-0.2, -0.15) is 0 Å². The summed E-state index contributed by atoms with van der Waals surface area (Å²) in [5.74, 6) is 0. The standard InChI is InChI=1S/C9H15N3S2/c1-3-4-10-9(13)11-5-8-12-7(2)6-14-8/h6H,3-5H2,1-2H3,(H2,10,11,13). The molecule has 0 aromatic carbocycles. The molecule has 2 N–H and O–H groups in total. The molecule has 0 amide bonds. The van der Waals surface area contributed by atoms with Crippen molar-refractivity contribution in [3.8, 4) is 0 Å². The van der Waals surface area contributed by atoms with Crippen molar-refractivity contribution in [2.24, 2.45) is 0 Å². The fraction of sp³-hybridized carbons (Fsp3) is 0.556. The first-order valence-electron chi connectivity index (χ1n) is 4.65. The molecule has 0 radical (unpaired) electrons. The third-order valence-electron chi connectivity index (χ3n) is 1.60. The number of aryl methyl sites for hydroxylation is 1. The summed E-state index contributed by atoms with van der Waals surface area (Å²) in [5.41, 5.74) is 1.07. The number of thiocarbonyl (C=S) groups is 1. The maximum atomic E-state index is 5.08. The van der Waals surface area contributed by atoms with E-state index in [0.29, 0.717) is 11.7 Å². The summed E-state index contributed by atoms with van der Waals surface area (Å²) in [6.07, 6.45) is 1.08. The molecule has 1 rings (SSSR count). The number of hydrogen-bond acceptors (Lipinski definition) is 3. The van der Waals surface area contributed by atoms with Crippen molar-refractivity contribution in [2.45, 2.75) is 26.8 Å². The molecular weight excluding hydrogens is 214 g/mol. The Kier molecular flexibility index (Phi) is 4.82. The predicted molar refractivity (Wildman–Crippen MR) is 64.6 cm³/mol. The molecule has 0 saturated heterocycles. The third-order valence-corrected chi connectivity index (χ3v) is 2.86. The van der Waals surface area contributed by atoms with Gasteiger partial charge in [0.15, 0.2) is 5.11 Å². The van der Waals surface area contributed by atoms with Crippen LogP contribution >= 0.6 is 23.6 Å². The van der Waals surface area contributed by atoms with Crippen LogP contribution in [0.4, 0.5) is 0 Å². The highest BCUT2D eigenvalue weighted by Gasteiger charge is 1.99. The number of aromatic nitrogens is 1. The summed E-state index contributed by atoms with van der Waals surface area (Å²) in [7, 11) is 0. The normalized spacial score (nSPS) is 9.86. The van der Waals surface area contributed by atoms with Gasteiger partial charge in [-0.05, 0) is 25.6 Å². The number of nitrogens with one attached hydrogen (secondary N) is 2. The Morgan fingerprint density at radius 3 is 2.93 bits per heavy atom. The molecule has 0 fully saturated rings. The Bertz CT molecular complexity index is 296. The molecule has 0 aliphatic carbocycles. The number of nitrogens with zero attached hydrogens (tertiary/aromatic N) is 1. The zero-order valence-corrected chi connectivity index (χ0v) is 10.1. The Hall–Kier alpha value is -0.680. The van der Waals surface area contributed by atoms with Gasteiger partial charge in [0, 0.05) is 17.6 Å². The molecule has 5 heteroatoms. The van der Waals surface area contributed by atoms with E-state index in [2.05, 4.69) is 22.5 Å². The van der Waals surface area contributed by atoms with E-state index >= 15 is 0 Å². The SMILES string of the molecule is CCCNC(=S)NCc1nc(C)cs1. The summed E-state index contributed by atoms with van der Waals surface area (Å²) < 4.78 is 0. The van der Waals surface area contributed by atoms with Crippen molar-refractivity contribution in [2.75, 3.05) is 6.54 Å². The molecule has 0 saturated carbocycles. The van der Waals surface area contributed by atoms with Gasteiger partial charge >= 0.3 is 0 Å². The summed E-state index contributed by atoms with van der Waals surface area (Å²) in [6, 6.07) is 0. The lowest BCUT2D eigenvalue weighted by Gasteiger charge is -2.07. The lowest BCUT2D eigenvalue weighted by Crippen LogP contribution is -2.35. The minimum atomic E-state index is 0.708. The van der Waals surface area contributed by atoms with Gasteiger partial charge in [0.1, 0.15) is 5.01 Å². The van der Waals surface area contributed by atoms with Crippen LogP contribution in [0.2, 0.25) is 0 Å². The molecule has 1 aromatic rings. The number of hydrogen-bond donors (Lipinski definition) is 2. The first kappa shape index (κ1) is 11.4. The van der Waals surface area contributed by atoms with Crippen LogP contribution in [0.5, 0.6) is 0 Å². The topological polar surface area (TPSA) is 37.0 Å². The molecule has 0 spiro atoms. The Balaban J connectivity index is 2.23. The average molecular weight is 229 g/mol. The van der Waals surface area contributed by atoms with Gasteiger partial charge in [-0.1, -0.05) is 6.92 Å². The van der Waals surface area contributed by atoms with Crippen molar-refractivity contribution in [3.63, 3.8) is 0 Å². The highest BCUT2D eigenvalue weighted by molar-refractivity contribution is 7.80.